The molecule has 2 atom stereocenters. The topological polar surface area (TPSA) is 84.0 Å². The molecule has 34 heavy (non-hydrogen) atoms. The Bertz CT molecular complexity index is 1270. The summed E-state index contributed by atoms with van der Waals surface area (Å²) >= 11 is 13.7. The molecular formula is C25H20Cl2N4O2S. The third kappa shape index (κ3) is 6.20. The van der Waals surface area contributed by atoms with Crippen LogP contribution in [0.25, 0.3) is 10.6 Å². The summed E-state index contributed by atoms with van der Waals surface area (Å²) in [5.74, 6) is -0.872. The van der Waals surface area contributed by atoms with Gasteiger partial charge in [0.05, 0.1) is 0 Å². The van der Waals surface area contributed by atoms with Crippen LogP contribution in [0.4, 0.5) is 5.13 Å². The molecule has 0 aliphatic carbocycles. The van der Waals surface area contributed by atoms with E-state index in [9.17, 15) is 9.59 Å². The first-order chi connectivity index (χ1) is 16.5. The van der Waals surface area contributed by atoms with Crippen LogP contribution in [0, 0.1) is 0 Å². The zero-order valence-corrected chi connectivity index (χ0v) is 20.1. The fraction of sp³-hybridized carbons (Fsp3) is 0.120. The highest BCUT2D eigenvalue weighted by Crippen LogP contribution is 2.28. The average Bonchev–Trinajstić information content (AvgIpc) is 3.33. The van der Waals surface area contributed by atoms with E-state index in [2.05, 4.69) is 20.8 Å². The molecule has 3 aromatic carbocycles. The number of benzene rings is 3. The van der Waals surface area contributed by atoms with Gasteiger partial charge in [-0.2, -0.15) is 0 Å². The summed E-state index contributed by atoms with van der Waals surface area (Å²) < 4.78 is 0. The normalized spacial score (nSPS) is 12.5. The molecule has 4 rings (SSSR count). The zero-order valence-electron chi connectivity index (χ0n) is 17.8. The smallest absolute Gasteiger partial charge is 0.249 e. The van der Waals surface area contributed by atoms with Crippen LogP contribution in [0.15, 0.2) is 84.9 Å². The quantitative estimate of drug-likeness (QED) is 0.306. The standard InChI is InChI=1S/C25H20Cl2N4O2S/c26-19-13-7-12-18(15-19)24-30-31-25(34-24)29-22(32)20(14-16-8-3-1-4-9-16)28-23(33)21(27)17-10-5-2-6-11-17/h1-13,15,20-21H,14H2,(H,28,33)(H,29,31,32). The van der Waals surface area contributed by atoms with E-state index in [0.717, 1.165) is 11.1 Å². The first-order valence-electron chi connectivity index (χ1n) is 10.4. The van der Waals surface area contributed by atoms with Crippen LogP contribution in [0.5, 0.6) is 0 Å². The van der Waals surface area contributed by atoms with E-state index in [1.54, 1.807) is 36.4 Å². The number of amides is 2. The van der Waals surface area contributed by atoms with Gasteiger partial charge >= 0.3 is 0 Å². The molecule has 0 saturated carbocycles. The molecule has 0 aliphatic heterocycles. The monoisotopic (exact) mass is 510 g/mol. The third-order valence-corrected chi connectivity index (χ3v) is 6.54. The van der Waals surface area contributed by atoms with Crippen LogP contribution in [0.3, 0.4) is 0 Å². The summed E-state index contributed by atoms with van der Waals surface area (Å²) in [7, 11) is 0. The zero-order chi connectivity index (χ0) is 23.9. The van der Waals surface area contributed by atoms with Gasteiger partial charge in [0.15, 0.2) is 0 Å². The van der Waals surface area contributed by atoms with Crippen LogP contribution >= 0.6 is 34.5 Å². The maximum atomic E-state index is 13.2. The maximum Gasteiger partial charge on any atom is 0.249 e. The molecule has 0 saturated heterocycles. The van der Waals surface area contributed by atoms with E-state index < -0.39 is 23.2 Å². The van der Waals surface area contributed by atoms with Crippen molar-refractivity contribution in [1.29, 1.82) is 0 Å². The first-order valence-corrected chi connectivity index (χ1v) is 12.1. The molecule has 1 heterocycles. The van der Waals surface area contributed by atoms with Gasteiger partial charge in [-0.1, -0.05) is 95.7 Å². The van der Waals surface area contributed by atoms with Crippen molar-refractivity contribution < 1.29 is 9.59 Å². The molecule has 0 radical (unpaired) electrons. The maximum absolute atomic E-state index is 13.2. The van der Waals surface area contributed by atoms with Crippen molar-refractivity contribution in [3.63, 3.8) is 0 Å². The van der Waals surface area contributed by atoms with Gasteiger partial charge in [-0.05, 0) is 23.3 Å². The number of hydrogen-bond donors (Lipinski definition) is 2. The highest BCUT2D eigenvalue weighted by Gasteiger charge is 2.26. The van der Waals surface area contributed by atoms with Crippen LogP contribution < -0.4 is 10.6 Å². The van der Waals surface area contributed by atoms with E-state index in [4.69, 9.17) is 23.2 Å². The fourth-order valence-corrected chi connectivity index (χ4v) is 4.42. The van der Waals surface area contributed by atoms with Crippen molar-refractivity contribution >= 4 is 51.5 Å². The van der Waals surface area contributed by atoms with Gasteiger partial charge in [0, 0.05) is 17.0 Å². The molecule has 6 nitrogen and oxygen atoms in total. The number of carbonyl (C=O) groups excluding carboxylic acids is 2. The molecule has 0 fully saturated rings. The number of hydrogen-bond acceptors (Lipinski definition) is 5. The van der Waals surface area contributed by atoms with E-state index in [1.165, 1.54) is 11.3 Å². The summed E-state index contributed by atoms with van der Waals surface area (Å²) in [5.41, 5.74) is 2.34. The minimum atomic E-state index is -0.928. The second kappa shape index (κ2) is 11.2. The second-order valence-electron chi connectivity index (χ2n) is 7.44. The predicted octanol–water partition coefficient (Wildman–Crippen LogP) is 5.50. The van der Waals surface area contributed by atoms with Gasteiger partial charge in [0.25, 0.3) is 0 Å². The minimum Gasteiger partial charge on any atom is -0.342 e. The number of carbonyl (C=O) groups is 2. The van der Waals surface area contributed by atoms with Crippen molar-refractivity contribution in [2.45, 2.75) is 17.8 Å². The van der Waals surface area contributed by atoms with Gasteiger partial charge in [-0.15, -0.1) is 21.8 Å². The Kier molecular flexibility index (Phi) is 7.90. The van der Waals surface area contributed by atoms with Gasteiger partial charge in [-0.25, -0.2) is 0 Å². The lowest BCUT2D eigenvalue weighted by Crippen LogP contribution is -2.46. The average molecular weight is 511 g/mol. The van der Waals surface area contributed by atoms with Gasteiger partial charge in [-0.3, -0.25) is 14.9 Å². The fourth-order valence-electron chi connectivity index (χ4n) is 3.28. The number of rotatable bonds is 8. The number of halogens is 2. The lowest BCUT2D eigenvalue weighted by atomic mass is 10.0. The van der Waals surface area contributed by atoms with Gasteiger partial charge in [0.1, 0.15) is 16.4 Å². The Labute approximate surface area is 211 Å². The Hall–Kier alpha value is -3.26. The first kappa shape index (κ1) is 23.9. The Balaban J connectivity index is 1.50. The lowest BCUT2D eigenvalue weighted by Gasteiger charge is -2.20. The number of alkyl halides is 1. The molecule has 2 unspecified atom stereocenters. The van der Waals surface area contributed by atoms with Crippen molar-refractivity contribution in [2.75, 3.05) is 5.32 Å². The van der Waals surface area contributed by atoms with Crippen molar-refractivity contribution in [3.05, 3.63) is 101 Å². The number of nitrogens with one attached hydrogen (secondary N) is 2. The minimum absolute atomic E-state index is 0.288. The highest BCUT2D eigenvalue weighted by atomic mass is 35.5. The number of anilines is 1. The van der Waals surface area contributed by atoms with E-state index in [0.29, 0.717) is 20.7 Å². The lowest BCUT2D eigenvalue weighted by molar-refractivity contribution is -0.126. The summed E-state index contributed by atoms with van der Waals surface area (Å²) in [4.78, 5) is 26.0. The highest BCUT2D eigenvalue weighted by molar-refractivity contribution is 7.18. The second-order valence-corrected chi connectivity index (χ2v) is 9.29. The molecule has 172 valence electrons. The van der Waals surface area contributed by atoms with Crippen molar-refractivity contribution in [3.8, 4) is 10.6 Å². The number of aromatic nitrogens is 2. The van der Waals surface area contributed by atoms with Crippen LogP contribution in [-0.4, -0.2) is 28.1 Å². The van der Waals surface area contributed by atoms with Gasteiger partial charge in [0.2, 0.25) is 16.9 Å². The molecular weight excluding hydrogens is 491 g/mol. The summed E-state index contributed by atoms with van der Waals surface area (Å²) in [6, 6.07) is 24.8. The van der Waals surface area contributed by atoms with Crippen LogP contribution in [-0.2, 0) is 16.0 Å². The van der Waals surface area contributed by atoms with Crippen molar-refractivity contribution in [2.24, 2.45) is 0 Å². The summed E-state index contributed by atoms with van der Waals surface area (Å²) in [6.45, 7) is 0. The van der Waals surface area contributed by atoms with Crippen molar-refractivity contribution in [1.82, 2.24) is 15.5 Å². The molecule has 9 heteroatoms. The molecule has 0 spiro atoms. The molecule has 0 aliphatic rings. The van der Waals surface area contributed by atoms with E-state index >= 15 is 0 Å². The predicted molar refractivity (Wildman–Crippen MR) is 136 cm³/mol. The van der Waals surface area contributed by atoms with Gasteiger partial charge < -0.3 is 5.32 Å². The molecule has 2 N–H and O–H groups in total. The molecule has 1 aromatic heterocycles. The molecule has 4 aromatic rings. The summed E-state index contributed by atoms with van der Waals surface area (Å²) in [5, 5.41) is 14.3. The Morgan fingerprint density at radius 1 is 0.882 bits per heavy atom. The number of nitrogens with zero attached hydrogens (tertiary/aromatic N) is 2. The summed E-state index contributed by atoms with van der Waals surface area (Å²) in [6.07, 6.45) is 0.288. The molecule has 2 amide bonds. The molecule has 0 bridgehead atoms. The third-order valence-electron chi connectivity index (χ3n) is 4.96. The Morgan fingerprint density at radius 3 is 2.29 bits per heavy atom. The SMILES string of the molecule is O=C(Nc1nnc(-c2cccc(Cl)c2)s1)C(Cc1ccccc1)NC(=O)C(Cl)c1ccccc1. The Morgan fingerprint density at radius 2 is 1.59 bits per heavy atom. The van der Waals surface area contributed by atoms with E-state index in [1.807, 2.05) is 48.5 Å². The van der Waals surface area contributed by atoms with Crippen LogP contribution in [0.1, 0.15) is 16.5 Å². The van der Waals surface area contributed by atoms with E-state index in [-0.39, 0.29) is 6.42 Å². The largest absolute Gasteiger partial charge is 0.342 e. The van der Waals surface area contributed by atoms with Crippen LogP contribution in [0.2, 0.25) is 5.02 Å².